The van der Waals surface area contributed by atoms with Crippen molar-refractivity contribution in [1.82, 2.24) is 24.5 Å². The lowest BCUT2D eigenvalue weighted by atomic mass is 9.83. The lowest BCUT2D eigenvalue weighted by molar-refractivity contribution is -0.184. The number of piperidine rings is 1. The zero-order chi connectivity index (χ0) is 23.7. The molecule has 0 aromatic carbocycles. The van der Waals surface area contributed by atoms with Gasteiger partial charge in [0.25, 0.3) is 0 Å². The molecule has 3 aromatic heterocycles. The van der Waals surface area contributed by atoms with Crippen molar-refractivity contribution in [3.05, 3.63) is 48.0 Å². The minimum Gasteiger partial charge on any atom is -0.366 e. The molecule has 4 heterocycles. The van der Waals surface area contributed by atoms with Crippen LogP contribution in [-0.4, -0.2) is 57.6 Å². The summed E-state index contributed by atoms with van der Waals surface area (Å²) in [4.78, 5) is 11.4. The quantitative estimate of drug-likeness (QED) is 0.577. The van der Waals surface area contributed by atoms with Crippen LogP contribution < -0.4 is 10.8 Å². The molecular formula is C24H28BF3N6. The fourth-order valence-corrected chi connectivity index (χ4v) is 5.38. The summed E-state index contributed by atoms with van der Waals surface area (Å²) in [5.74, 6) is -0.137. The first-order chi connectivity index (χ1) is 16.4. The average molecular weight is 468 g/mol. The highest BCUT2D eigenvalue weighted by atomic mass is 19.4. The number of pyridine rings is 1. The Labute approximate surface area is 198 Å². The van der Waals surface area contributed by atoms with Gasteiger partial charge in [0.05, 0.1) is 11.6 Å². The molecule has 1 saturated carbocycles. The number of hydrogen-bond donors (Lipinski definition) is 1. The van der Waals surface area contributed by atoms with Gasteiger partial charge in [0.15, 0.2) is 5.65 Å². The van der Waals surface area contributed by atoms with Gasteiger partial charge < -0.3 is 5.32 Å². The first kappa shape index (κ1) is 23.1. The number of anilines is 1. The predicted molar refractivity (Wildman–Crippen MR) is 125 cm³/mol. The Morgan fingerprint density at radius 1 is 1.12 bits per heavy atom. The van der Waals surface area contributed by atoms with Crippen LogP contribution in [0.3, 0.4) is 0 Å². The molecule has 178 valence electrons. The monoisotopic (exact) mass is 468 g/mol. The second kappa shape index (κ2) is 9.56. The zero-order valence-electron chi connectivity index (χ0n) is 19.0. The van der Waals surface area contributed by atoms with Crippen molar-refractivity contribution in [2.24, 2.45) is 5.92 Å². The highest BCUT2D eigenvalue weighted by Gasteiger charge is 2.42. The van der Waals surface area contributed by atoms with E-state index in [1.54, 1.807) is 16.9 Å². The standard InChI is InChI=1S/C24H28BF3N6/c25-20-14-31-34-22(30-13-16-3-1-9-29-12-16)11-21(32-23(20)34)17-4-2-10-33(15-17)19-7-5-18(6-8-19)24(26,27)28/h1,3,9,11-12,14,17-19,30H,2,4-8,10,13,15H2. The van der Waals surface area contributed by atoms with Crippen LogP contribution in [0.2, 0.25) is 0 Å². The molecule has 0 bridgehead atoms. The average Bonchev–Trinajstić information content (AvgIpc) is 3.23. The van der Waals surface area contributed by atoms with Crippen LogP contribution in [0.15, 0.2) is 36.8 Å². The van der Waals surface area contributed by atoms with Crippen molar-refractivity contribution >= 4 is 24.8 Å². The SMILES string of the molecule is [B]c1cnn2c(NCc3cccnc3)cc(C3CCCN(C4CCC(C(F)(F)F)CC4)C3)nc12. The van der Waals surface area contributed by atoms with Gasteiger partial charge in [-0.15, -0.1) is 0 Å². The maximum Gasteiger partial charge on any atom is 0.391 e. The molecule has 5 rings (SSSR count). The van der Waals surface area contributed by atoms with Crippen LogP contribution in [-0.2, 0) is 6.54 Å². The number of rotatable bonds is 5. The molecule has 1 N–H and O–H groups in total. The van der Waals surface area contributed by atoms with Gasteiger partial charge in [-0.2, -0.15) is 22.8 Å². The van der Waals surface area contributed by atoms with Crippen LogP contribution >= 0.6 is 0 Å². The van der Waals surface area contributed by atoms with E-state index in [1.165, 1.54) is 0 Å². The molecule has 1 aliphatic heterocycles. The van der Waals surface area contributed by atoms with Gasteiger partial charge in [0, 0.05) is 49.7 Å². The number of likely N-dealkylation sites (tertiary alicyclic amines) is 1. The normalized spacial score (nSPS) is 24.4. The maximum absolute atomic E-state index is 13.1. The second-order valence-electron chi connectivity index (χ2n) is 9.50. The summed E-state index contributed by atoms with van der Waals surface area (Å²) in [6, 6.07) is 6.15. The molecule has 1 unspecified atom stereocenters. The van der Waals surface area contributed by atoms with Crippen LogP contribution in [0.1, 0.15) is 55.7 Å². The summed E-state index contributed by atoms with van der Waals surface area (Å²) in [6.07, 6.45) is 4.77. The Morgan fingerprint density at radius 3 is 2.68 bits per heavy atom. The summed E-state index contributed by atoms with van der Waals surface area (Å²) in [5.41, 5.74) is 3.13. The van der Waals surface area contributed by atoms with E-state index >= 15 is 0 Å². The molecule has 34 heavy (non-hydrogen) atoms. The molecule has 1 aliphatic carbocycles. The van der Waals surface area contributed by atoms with Gasteiger partial charge in [-0.3, -0.25) is 9.88 Å². The fraction of sp³-hybridized carbons (Fsp3) is 0.542. The third-order valence-electron chi connectivity index (χ3n) is 7.26. The summed E-state index contributed by atoms with van der Waals surface area (Å²) < 4.78 is 41.0. The van der Waals surface area contributed by atoms with E-state index in [1.807, 2.05) is 24.4 Å². The minimum atomic E-state index is -4.07. The van der Waals surface area contributed by atoms with E-state index in [2.05, 4.69) is 20.3 Å². The molecule has 0 amide bonds. The van der Waals surface area contributed by atoms with Gasteiger partial charge in [0.2, 0.25) is 0 Å². The Bertz CT molecular complexity index is 1110. The molecule has 2 aliphatic rings. The van der Waals surface area contributed by atoms with E-state index in [9.17, 15) is 13.2 Å². The summed E-state index contributed by atoms with van der Waals surface area (Å²) in [6.45, 7) is 2.33. The summed E-state index contributed by atoms with van der Waals surface area (Å²) >= 11 is 0. The van der Waals surface area contributed by atoms with Crippen LogP contribution in [0.25, 0.3) is 5.65 Å². The zero-order valence-corrected chi connectivity index (χ0v) is 19.0. The molecule has 1 saturated heterocycles. The predicted octanol–water partition coefficient (Wildman–Crippen LogP) is 3.83. The van der Waals surface area contributed by atoms with E-state index < -0.39 is 12.1 Å². The lowest BCUT2D eigenvalue weighted by Gasteiger charge is -2.41. The number of fused-ring (bicyclic) bond motifs is 1. The van der Waals surface area contributed by atoms with E-state index in [0.29, 0.717) is 30.5 Å². The highest BCUT2D eigenvalue weighted by Crippen LogP contribution is 2.40. The number of halogens is 3. The number of alkyl halides is 3. The number of nitrogens with one attached hydrogen (secondary N) is 1. The van der Waals surface area contributed by atoms with Gasteiger partial charge >= 0.3 is 6.18 Å². The first-order valence-corrected chi connectivity index (χ1v) is 12.0. The van der Waals surface area contributed by atoms with Crippen molar-refractivity contribution in [1.29, 1.82) is 0 Å². The minimum absolute atomic E-state index is 0.201. The maximum atomic E-state index is 13.1. The molecule has 10 heteroatoms. The summed E-state index contributed by atoms with van der Waals surface area (Å²) in [7, 11) is 6.16. The van der Waals surface area contributed by atoms with Gasteiger partial charge in [-0.1, -0.05) is 6.07 Å². The molecule has 2 fully saturated rings. The number of hydrogen-bond acceptors (Lipinski definition) is 5. The smallest absolute Gasteiger partial charge is 0.366 e. The van der Waals surface area contributed by atoms with Crippen molar-refractivity contribution in [3.63, 3.8) is 0 Å². The molecule has 0 spiro atoms. The van der Waals surface area contributed by atoms with Crippen LogP contribution in [0.4, 0.5) is 19.0 Å². The number of aromatic nitrogens is 4. The van der Waals surface area contributed by atoms with E-state index in [-0.39, 0.29) is 24.8 Å². The molecule has 6 nitrogen and oxygen atoms in total. The summed E-state index contributed by atoms with van der Waals surface area (Å²) in [5, 5.41) is 7.82. The first-order valence-electron chi connectivity index (χ1n) is 12.0. The van der Waals surface area contributed by atoms with E-state index in [4.69, 9.17) is 12.8 Å². The molecule has 1 atom stereocenters. The van der Waals surface area contributed by atoms with Crippen LogP contribution in [0, 0.1) is 5.92 Å². The lowest BCUT2D eigenvalue weighted by Crippen LogP contribution is -2.45. The van der Waals surface area contributed by atoms with Gasteiger partial charge in [-0.25, -0.2) is 4.98 Å². The van der Waals surface area contributed by atoms with Crippen molar-refractivity contribution < 1.29 is 13.2 Å². The van der Waals surface area contributed by atoms with Crippen molar-refractivity contribution in [3.8, 4) is 0 Å². The Hall–Kier alpha value is -2.62. The number of nitrogens with zero attached hydrogens (tertiary/aromatic N) is 5. The van der Waals surface area contributed by atoms with Crippen LogP contribution in [0.5, 0.6) is 0 Å². The van der Waals surface area contributed by atoms with Crippen molar-refractivity contribution in [2.45, 2.75) is 63.2 Å². The Kier molecular flexibility index (Phi) is 6.51. The van der Waals surface area contributed by atoms with Crippen molar-refractivity contribution in [2.75, 3.05) is 18.4 Å². The third-order valence-corrected chi connectivity index (χ3v) is 7.26. The molecule has 3 aromatic rings. The Morgan fingerprint density at radius 2 is 1.94 bits per heavy atom. The highest BCUT2D eigenvalue weighted by molar-refractivity contribution is 6.36. The molecular weight excluding hydrogens is 440 g/mol. The molecule has 2 radical (unpaired) electrons. The largest absolute Gasteiger partial charge is 0.391 e. The second-order valence-corrected chi connectivity index (χ2v) is 9.50. The topological polar surface area (TPSA) is 58.4 Å². The Balaban J connectivity index is 1.32. The van der Waals surface area contributed by atoms with Gasteiger partial charge in [-0.05, 0) is 62.2 Å². The van der Waals surface area contributed by atoms with Gasteiger partial charge in [0.1, 0.15) is 13.7 Å². The fourth-order valence-electron chi connectivity index (χ4n) is 5.38. The third kappa shape index (κ3) is 4.92. The van der Waals surface area contributed by atoms with E-state index in [0.717, 1.165) is 43.0 Å².